The lowest BCUT2D eigenvalue weighted by molar-refractivity contribution is -0.139. The van der Waals surface area contributed by atoms with E-state index in [0.29, 0.717) is 4.88 Å². The number of nitrogens with zero attached hydrogens (tertiary/aromatic N) is 1. The standard InChI is InChI=1S/C10H9N3O3S/c14-9(6-3-4-11-13-6)12-8(10(15)16)7-2-1-5-17-7/h1-5,8H,(H,11,13)(H,12,14)(H,15,16). The van der Waals surface area contributed by atoms with Crippen LogP contribution in [0.25, 0.3) is 0 Å². The molecule has 0 saturated heterocycles. The molecule has 7 heteroatoms. The molecule has 3 N–H and O–H groups in total. The van der Waals surface area contributed by atoms with Crippen LogP contribution >= 0.6 is 11.3 Å². The Morgan fingerprint density at radius 3 is 2.82 bits per heavy atom. The van der Waals surface area contributed by atoms with E-state index in [1.165, 1.54) is 23.6 Å². The number of hydrogen-bond acceptors (Lipinski definition) is 4. The highest BCUT2D eigenvalue weighted by Crippen LogP contribution is 2.19. The summed E-state index contributed by atoms with van der Waals surface area (Å²) < 4.78 is 0. The highest BCUT2D eigenvalue weighted by atomic mass is 32.1. The zero-order chi connectivity index (χ0) is 12.3. The molecule has 17 heavy (non-hydrogen) atoms. The predicted molar refractivity (Wildman–Crippen MR) is 60.7 cm³/mol. The first-order valence-corrected chi connectivity index (χ1v) is 5.63. The van der Waals surface area contributed by atoms with Gasteiger partial charge in [-0.1, -0.05) is 6.07 Å². The van der Waals surface area contributed by atoms with Crippen molar-refractivity contribution in [1.82, 2.24) is 15.5 Å². The molecule has 2 heterocycles. The lowest BCUT2D eigenvalue weighted by Crippen LogP contribution is -2.33. The maximum absolute atomic E-state index is 11.7. The molecule has 6 nitrogen and oxygen atoms in total. The van der Waals surface area contributed by atoms with Crippen molar-refractivity contribution in [3.05, 3.63) is 40.3 Å². The molecule has 0 aromatic carbocycles. The summed E-state index contributed by atoms with van der Waals surface area (Å²) in [6.07, 6.45) is 1.43. The minimum Gasteiger partial charge on any atom is -0.479 e. The van der Waals surface area contributed by atoms with Gasteiger partial charge in [0.05, 0.1) is 0 Å². The van der Waals surface area contributed by atoms with E-state index in [9.17, 15) is 9.59 Å². The molecule has 0 aliphatic rings. The highest BCUT2D eigenvalue weighted by molar-refractivity contribution is 7.10. The van der Waals surface area contributed by atoms with E-state index in [0.717, 1.165) is 0 Å². The minimum absolute atomic E-state index is 0.229. The second-order valence-electron chi connectivity index (χ2n) is 3.23. The van der Waals surface area contributed by atoms with Gasteiger partial charge in [0, 0.05) is 11.1 Å². The average Bonchev–Trinajstić information content (AvgIpc) is 2.97. The molecule has 0 saturated carbocycles. The summed E-state index contributed by atoms with van der Waals surface area (Å²) in [6, 6.07) is 3.84. The van der Waals surface area contributed by atoms with Crippen LogP contribution < -0.4 is 5.32 Å². The number of aromatic amines is 1. The topological polar surface area (TPSA) is 95.1 Å². The van der Waals surface area contributed by atoms with E-state index in [-0.39, 0.29) is 5.69 Å². The van der Waals surface area contributed by atoms with Gasteiger partial charge in [-0.05, 0) is 17.5 Å². The Labute approximate surface area is 100 Å². The molecule has 2 aromatic rings. The Hall–Kier alpha value is -2.15. The summed E-state index contributed by atoms with van der Waals surface area (Å²) in [5, 5.41) is 19.3. The Kier molecular flexibility index (Phi) is 3.20. The molecule has 1 amide bonds. The molecule has 0 bridgehead atoms. The number of hydrogen-bond donors (Lipinski definition) is 3. The number of carbonyl (C=O) groups excluding carboxylic acids is 1. The highest BCUT2D eigenvalue weighted by Gasteiger charge is 2.23. The van der Waals surface area contributed by atoms with E-state index in [4.69, 9.17) is 5.11 Å². The zero-order valence-corrected chi connectivity index (χ0v) is 9.40. The maximum atomic E-state index is 11.7. The van der Waals surface area contributed by atoms with Crippen LogP contribution in [0.1, 0.15) is 21.4 Å². The Bertz CT molecular complexity index is 507. The summed E-state index contributed by atoms with van der Waals surface area (Å²) in [5.74, 6) is -1.59. The third-order valence-corrected chi connectivity index (χ3v) is 3.03. The number of aliphatic carboxylic acids is 1. The summed E-state index contributed by atoms with van der Waals surface area (Å²) in [6.45, 7) is 0. The molecule has 1 atom stereocenters. The van der Waals surface area contributed by atoms with Gasteiger partial charge in [0.2, 0.25) is 0 Å². The van der Waals surface area contributed by atoms with Gasteiger partial charge in [0.1, 0.15) is 5.69 Å². The number of H-pyrrole nitrogens is 1. The van der Waals surface area contributed by atoms with Gasteiger partial charge in [-0.15, -0.1) is 11.3 Å². The van der Waals surface area contributed by atoms with Crippen LogP contribution in [0.5, 0.6) is 0 Å². The molecule has 0 fully saturated rings. The van der Waals surface area contributed by atoms with Gasteiger partial charge in [0.15, 0.2) is 6.04 Å². The Morgan fingerprint density at radius 2 is 2.29 bits per heavy atom. The fourth-order valence-corrected chi connectivity index (χ4v) is 2.07. The van der Waals surface area contributed by atoms with Crippen LogP contribution in [0.3, 0.4) is 0 Å². The van der Waals surface area contributed by atoms with Crippen molar-refractivity contribution in [1.29, 1.82) is 0 Å². The number of thiophene rings is 1. The monoisotopic (exact) mass is 251 g/mol. The van der Waals surface area contributed by atoms with E-state index in [1.54, 1.807) is 17.5 Å². The fourth-order valence-electron chi connectivity index (χ4n) is 1.30. The number of carboxylic acid groups (broad SMARTS) is 1. The van der Waals surface area contributed by atoms with Crippen molar-refractivity contribution in [3.8, 4) is 0 Å². The number of amides is 1. The quantitative estimate of drug-likeness (QED) is 0.756. The molecule has 0 aliphatic heterocycles. The van der Waals surface area contributed by atoms with E-state index >= 15 is 0 Å². The van der Waals surface area contributed by atoms with Crippen molar-refractivity contribution in [2.24, 2.45) is 0 Å². The summed E-state index contributed by atoms with van der Waals surface area (Å²) in [4.78, 5) is 23.3. The largest absolute Gasteiger partial charge is 0.479 e. The number of rotatable bonds is 4. The van der Waals surface area contributed by atoms with E-state index < -0.39 is 17.9 Å². The van der Waals surface area contributed by atoms with Crippen LogP contribution in [0.2, 0.25) is 0 Å². The van der Waals surface area contributed by atoms with Gasteiger partial charge in [-0.3, -0.25) is 9.89 Å². The lowest BCUT2D eigenvalue weighted by Gasteiger charge is -2.11. The van der Waals surface area contributed by atoms with Crippen molar-refractivity contribution >= 4 is 23.2 Å². The Morgan fingerprint density at radius 1 is 1.47 bits per heavy atom. The predicted octanol–water partition coefficient (Wildman–Crippen LogP) is 1.03. The molecular weight excluding hydrogens is 242 g/mol. The first kappa shape index (κ1) is 11.3. The number of aromatic nitrogens is 2. The van der Waals surface area contributed by atoms with Crippen molar-refractivity contribution in [3.63, 3.8) is 0 Å². The van der Waals surface area contributed by atoms with Crippen LogP contribution in [0.15, 0.2) is 29.8 Å². The molecule has 0 radical (unpaired) electrons. The second-order valence-corrected chi connectivity index (χ2v) is 4.21. The van der Waals surface area contributed by atoms with Crippen molar-refractivity contribution in [2.75, 3.05) is 0 Å². The number of carbonyl (C=O) groups is 2. The van der Waals surface area contributed by atoms with E-state index in [1.807, 2.05) is 0 Å². The lowest BCUT2D eigenvalue weighted by atomic mass is 10.2. The summed E-state index contributed by atoms with van der Waals surface area (Å²) >= 11 is 1.28. The van der Waals surface area contributed by atoms with Gasteiger partial charge >= 0.3 is 5.97 Å². The van der Waals surface area contributed by atoms with Crippen LogP contribution in [0.4, 0.5) is 0 Å². The molecule has 0 spiro atoms. The van der Waals surface area contributed by atoms with Crippen molar-refractivity contribution in [2.45, 2.75) is 6.04 Å². The molecule has 0 aliphatic carbocycles. The first-order chi connectivity index (χ1) is 8.18. The van der Waals surface area contributed by atoms with E-state index in [2.05, 4.69) is 15.5 Å². The van der Waals surface area contributed by atoms with Crippen LogP contribution in [0, 0.1) is 0 Å². The molecule has 1 unspecified atom stereocenters. The average molecular weight is 251 g/mol. The molecule has 88 valence electrons. The number of nitrogens with one attached hydrogen (secondary N) is 2. The molecule has 2 aromatic heterocycles. The normalized spacial score (nSPS) is 12.0. The zero-order valence-electron chi connectivity index (χ0n) is 8.58. The minimum atomic E-state index is -1.10. The second kappa shape index (κ2) is 4.79. The fraction of sp³-hybridized carbons (Fsp3) is 0.100. The maximum Gasteiger partial charge on any atom is 0.331 e. The van der Waals surface area contributed by atoms with Gasteiger partial charge in [0.25, 0.3) is 5.91 Å². The smallest absolute Gasteiger partial charge is 0.331 e. The number of carboxylic acids is 1. The van der Waals surface area contributed by atoms with Gasteiger partial charge in [-0.2, -0.15) is 5.10 Å². The summed E-state index contributed by atoms with van der Waals surface area (Å²) in [5.41, 5.74) is 0.229. The Balaban J connectivity index is 2.14. The van der Waals surface area contributed by atoms with Crippen LogP contribution in [-0.4, -0.2) is 27.2 Å². The molecule has 2 rings (SSSR count). The molecular formula is C10H9N3O3S. The van der Waals surface area contributed by atoms with Gasteiger partial charge < -0.3 is 10.4 Å². The van der Waals surface area contributed by atoms with Crippen molar-refractivity contribution < 1.29 is 14.7 Å². The third-order valence-electron chi connectivity index (χ3n) is 2.10. The SMILES string of the molecule is O=C(NC(C(=O)O)c1cccs1)c1ccn[nH]1. The summed E-state index contributed by atoms with van der Waals surface area (Å²) in [7, 11) is 0. The third kappa shape index (κ3) is 2.51. The van der Waals surface area contributed by atoms with Crippen LogP contribution in [-0.2, 0) is 4.79 Å². The first-order valence-electron chi connectivity index (χ1n) is 4.75. The van der Waals surface area contributed by atoms with Gasteiger partial charge in [-0.25, -0.2) is 4.79 Å².